The van der Waals surface area contributed by atoms with Crippen molar-refractivity contribution in [2.75, 3.05) is 0 Å². The SMILES string of the molecule is O=C(Cn1c(=O)n(Cc2ccccc2)c(=O)c2ncccc21)OCc1ccccc1. The summed E-state index contributed by atoms with van der Waals surface area (Å²) in [5, 5.41) is 0. The molecule has 2 heterocycles. The highest BCUT2D eigenvalue weighted by Gasteiger charge is 2.17. The van der Waals surface area contributed by atoms with Crippen LogP contribution in [0.2, 0.25) is 0 Å². The Labute approximate surface area is 171 Å². The van der Waals surface area contributed by atoms with Crippen LogP contribution in [0.25, 0.3) is 11.0 Å². The van der Waals surface area contributed by atoms with Crippen LogP contribution < -0.4 is 11.2 Å². The number of hydrogen-bond acceptors (Lipinski definition) is 5. The minimum Gasteiger partial charge on any atom is -0.459 e. The molecule has 0 aliphatic heterocycles. The fraction of sp³-hybridized carbons (Fsp3) is 0.130. The molecule has 0 saturated heterocycles. The smallest absolute Gasteiger partial charge is 0.332 e. The minimum atomic E-state index is -0.582. The summed E-state index contributed by atoms with van der Waals surface area (Å²) in [6, 6.07) is 21.7. The maximum absolute atomic E-state index is 13.1. The van der Waals surface area contributed by atoms with Gasteiger partial charge in [-0.2, -0.15) is 0 Å². The van der Waals surface area contributed by atoms with E-state index in [1.807, 2.05) is 60.7 Å². The molecule has 0 saturated carbocycles. The normalized spacial score (nSPS) is 10.8. The summed E-state index contributed by atoms with van der Waals surface area (Å²) in [5.74, 6) is -0.573. The van der Waals surface area contributed by atoms with Gasteiger partial charge in [-0.05, 0) is 23.3 Å². The highest BCUT2D eigenvalue weighted by molar-refractivity contribution is 5.76. The lowest BCUT2D eigenvalue weighted by Crippen LogP contribution is -2.41. The minimum absolute atomic E-state index is 0.0874. The topological polar surface area (TPSA) is 83.2 Å². The van der Waals surface area contributed by atoms with E-state index in [9.17, 15) is 14.4 Å². The maximum Gasteiger partial charge on any atom is 0.332 e. The first-order chi connectivity index (χ1) is 14.6. The van der Waals surface area contributed by atoms with Crippen LogP contribution in [0.15, 0.2) is 88.6 Å². The molecule has 30 heavy (non-hydrogen) atoms. The zero-order valence-electron chi connectivity index (χ0n) is 16.1. The van der Waals surface area contributed by atoms with Gasteiger partial charge in [-0.15, -0.1) is 0 Å². The third kappa shape index (κ3) is 4.05. The molecule has 0 aliphatic carbocycles. The van der Waals surface area contributed by atoms with Crippen molar-refractivity contribution in [2.45, 2.75) is 19.7 Å². The summed E-state index contributed by atoms with van der Waals surface area (Å²) in [6.07, 6.45) is 1.49. The molecule has 4 rings (SSSR count). The van der Waals surface area contributed by atoms with Gasteiger partial charge >= 0.3 is 11.7 Å². The molecule has 4 aromatic rings. The first-order valence-electron chi connectivity index (χ1n) is 9.45. The molecule has 0 bridgehead atoms. The molecule has 2 aromatic carbocycles. The van der Waals surface area contributed by atoms with Gasteiger partial charge in [0.05, 0.1) is 12.1 Å². The van der Waals surface area contributed by atoms with Crippen molar-refractivity contribution in [3.8, 4) is 0 Å². The van der Waals surface area contributed by atoms with Crippen LogP contribution in [0.3, 0.4) is 0 Å². The lowest BCUT2D eigenvalue weighted by atomic mass is 10.2. The number of hydrogen-bond donors (Lipinski definition) is 0. The van der Waals surface area contributed by atoms with Crippen LogP contribution >= 0.6 is 0 Å². The predicted molar refractivity (Wildman–Crippen MR) is 112 cm³/mol. The predicted octanol–water partition coefficient (Wildman–Crippen LogP) is 2.35. The molecular formula is C23H19N3O4. The highest BCUT2D eigenvalue weighted by Crippen LogP contribution is 2.07. The largest absolute Gasteiger partial charge is 0.459 e. The number of ether oxygens (including phenoxy) is 1. The van der Waals surface area contributed by atoms with Crippen LogP contribution in [0.4, 0.5) is 0 Å². The van der Waals surface area contributed by atoms with E-state index in [4.69, 9.17) is 4.74 Å². The number of esters is 1. The van der Waals surface area contributed by atoms with Gasteiger partial charge in [0.2, 0.25) is 0 Å². The third-order valence-corrected chi connectivity index (χ3v) is 4.70. The van der Waals surface area contributed by atoms with Crippen LogP contribution in [-0.4, -0.2) is 20.1 Å². The number of carbonyl (C=O) groups excluding carboxylic acids is 1. The summed E-state index contributed by atoms with van der Waals surface area (Å²) in [4.78, 5) is 42.6. The van der Waals surface area contributed by atoms with Gasteiger partial charge in [0.15, 0.2) is 5.52 Å². The van der Waals surface area contributed by atoms with E-state index >= 15 is 0 Å². The summed E-state index contributed by atoms with van der Waals surface area (Å²) < 4.78 is 7.65. The standard InChI is InChI=1S/C23H19N3O4/c27-20(30-16-18-10-5-2-6-11-18)15-25-19-12-7-13-24-21(19)22(28)26(23(25)29)14-17-8-3-1-4-9-17/h1-13H,14-16H2. The Hall–Kier alpha value is -4.00. The van der Waals surface area contributed by atoms with Crippen molar-refractivity contribution in [1.82, 2.24) is 14.1 Å². The van der Waals surface area contributed by atoms with E-state index < -0.39 is 17.2 Å². The molecule has 0 aliphatic rings. The van der Waals surface area contributed by atoms with E-state index in [0.717, 1.165) is 15.7 Å². The number of pyridine rings is 1. The quantitative estimate of drug-likeness (QED) is 0.463. The lowest BCUT2D eigenvalue weighted by Gasteiger charge is -2.13. The number of benzene rings is 2. The van der Waals surface area contributed by atoms with Crippen LogP contribution in [-0.2, 0) is 29.2 Å². The average molecular weight is 401 g/mol. The van der Waals surface area contributed by atoms with Gasteiger partial charge in [-0.25, -0.2) is 9.78 Å². The fourth-order valence-corrected chi connectivity index (χ4v) is 3.21. The van der Waals surface area contributed by atoms with Gasteiger partial charge in [-0.1, -0.05) is 60.7 Å². The zero-order chi connectivity index (χ0) is 20.9. The average Bonchev–Trinajstić information content (AvgIpc) is 2.79. The summed E-state index contributed by atoms with van der Waals surface area (Å²) in [6.45, 7) is -0.124. The number of rotatable bonds is 6. The molecule has 150 valence electrons. The van der Waals surface area contributed by atoms with Crippen molar-refractivity contribution >= 4 is 17.0 Å². The first kappa shape index (κ1) is 19.3. The molecular weight excluding hydrogens is 382 g/mol. The molecule has 0 atom stereocenters. The lowest BCUT2D eigenvalue weighted by molar-refractivity contribution is -0.145. The Morgan fingerprint density at radius 3 is 2.20 bits per heavy atom. The fourth-order valence-electron chi connectivity index (χ4n) is 3.21. The highest BCUT2D eigenvalue weighted by atomic mass is 16.5. The second-order valence-corrected chi connectivity index (χ2v) is 6.76. The number of carbonyl (C=O) groups is 1. The van der Waals surface area contributed by atoms with Gasteiger partial charge in [0.1, 0.15) is 13.2 Å². The molecule has 0 fully saturated rings. The van der Waals surface area contributed by atoms with E-state index in [0.29, 0.717) is 5.52 Å². The molecule has 7 heteroatoms. The Morgan fingerprint density at radius 2 is 1.50 bits per heavy atom. The van der Waals surface area contributed by atoms with Gasteiger partial charge in [0, 0.05) is 6.20 Å². The van der Waals surface area contributed by atoms with E-state index in [1.165, 1.54) is 10.8 Å². The summed E-state index contributed by atoms with van der Waals surface area (Å²) in [5.41, 5.74) is 0.996. The molecule has 0 amide bonds. The molecule has 0 unspecified atom stereocenters. The maximum atomic E-state index is 13.1. The van der Waals surface area contributed by atoms with Crippen molar-refractivity contribution in [2.24, 2.45) is 0 Å². The number of fused-ring (bicyclic) bond motifs is 1. The Balaban J connectivity index is 1.69. The van der Waals surface area contributed by atoms with E-state index in [-0.39, 0.29) is 25.2 Å². The zero-order valence-corrected chi connectivity index (χ0v) is 16.1. The molecule has 2 aromatic heterocycles. The Morgan fingerprint density at radius 1 is 0.833 bits per heavy atom. The van der Waals surface area contributed by atoms with Crippen LogP contribution in [0.1, 0.15) is 11.1 Å². The van der Waals surface area contributed by atoms with Gasteiger partial charge < -0.3 is 4.74 Å². The van der Waals surface area contributed by atoms with Crippen molar-refractivity contribution < 1.29 is 9.53 Å². The van der Waals surface area contributed by atoms with Gasteiger partial charge in [-0.3, -0.25) is 18.7 Å². The Kier molecular flexibility index (Phi) is 5.52. The summed E-state index contributed by atoms with van der Waals surface area (Å²) >= 11 is 0. The first-order valence-corrected chi connectivity index (χ1v) is 9.45. The molecule has 0 N–H and O–H groups in total. The number of nitrogens with zero attached hydrogens (tertiary/aromatic N) is 3. The van der Waals surface area contributed by atoms with Crippen molar-refractivity contribution in [1.29, 1.82) is 0 Å². The van der Waals surface area contributed by atoms with Crippen molar-refractivity contribution in [3.63, 3.8) is 0 Å². The number of aromatic nitrogens is 3. The van der Waals surface area contributed by atoms with Crippen molar-refractivity contribution in [3.05, 3.63) is 111 Å². The van der Waals surface area contributed by atoms with Crippen LogP contribution in [0, 0.1) is 0 Å². The summed E-state index contributed by atoms with van der Waals surface area (Å²) in [7, 11) is 0. The van der Waals surface area contributed by atoms with E-state index in [1.54, 1.807) is 12.1 Å². The third-order valence-electron chi connectivity index (χ3n) is 4.70. The van der Waals surface area contributed by atoms with Gasteiger partial charge in [0.25, 0.3) is 5.56 Å². The van der Waals surface area contributed by atoms with Crippen LogP contribution in [0.5, 0.6) is 0 Å². The Bertz CT molecular complexity index is 1300. The molecule has 7 nitrogen and oxygen atoms in total. The molecule has 0 spiro atoms. The second-order valence-electron chi connectivity index (χ2n) is 6.76. The molecule has 0 radical (unpaired) electrons. The van der Waals surface area contributed by atoms with E-state index in [2.05, 4.69) is 4.98 Å². The second kappa shape index (κ2) is 8.57. The monoisotopic (exact) mass is 401 g/mol.